The third-order valence-corrected chi connectivity index (χ3v) is 5.04. The zero-order valence-electron chi connectivity index (χ0n) is 13.7. The van der Waals surface area contributed by atoms with E-state index in [4.69, 9.17) is 0 Å². The van der Waals surface area contributed by atoms with Crippen molar-refractivity contribution in [2.75, 3.05) is 13.6 Å². The highest BCUT2D eigenvalue weighted by molar-refractivity contribution is 7.89. The van der Waals surface area contributed by atoms with E-state index in [-0.39, 0.29) is 29.2 Å². The molecule has 2 N–H and O–H groups in total. The molecule has 0 radical (unpaired) electrons. The van der Waals surface area contributed by atoms with Crippen LogP contribution in [0.5, 0.6) is 0 Å². The van der Waals surface area contributed by atoms with Gasteiger partial charge in [-0.3, -0.25) is 9.36 Å². The number of imidazole rings is 1. The van der Waals surface area contributed by atoms with E-state index in [1.807, 2.05) is 0 Å². The van der Waals surface area contributed by atoms with Crippen molar-refractivity contribution < 1.29 is 22.0 Å². The maximum absolute atomic E-state index is 12.7. The lowest BCUT2D eigenvalue weighted by molar-refractivity contribution is 0.0670. The van der Waals surface area contributed by atoms with Crippen LogP contribution < -0.4 is 10.0 Å². The minimum atomic E-state index is -3.67. The number of carbonyl (C=O) groups is 1. The number of nitrogens with zero attached hydrogens (tertiary/aromatic N) is 2. The Bertz CT molecular complexity index is 865. The van der Waals surface area contributed by atoms with Crippen molar-refractivity contribution in [3.05, 3.63) is 47.5 Å². The Morgan fingerprint density at radius 3 is 2.72 bits per heavy atom. The van der Waals surface area contributed by atoms with Gasteiger partial charge < -0.3 is 5.32 Å². The zero-order chi connectivity index (χ0) is 18.6. The fraction of sp³-hybridized carbons (Fsp3) is 0.333. The van der Waals surface area contributed by atoms with Gasteiger partial charge in [0.05, 0.1) is 4.90 Å². The summed E-state index contributed by atoms with van der Waals surface area (Å²) >= 11 is 0. The Labute approximate surface area is 144 Å². The first-order valence-electron chi connectivity index (χ1n) is 7.38. The van der Waals surface area contributed by atoms with Crippen molar-refractivity contribution in [2.45, 2.75) is 24.8 Å². The van der Waals surface area contributed by atoms with Gasteiger partial charge in [-0.05, 0) is 31.7 Å². The van der Waals surface area contributed by atoms with Gasteiger partial charge in [0.1, 0.15) is 5.82 Å². The first-order valence-corrected chi connectivity index (χ1v) is 8.87. The number of benzene rings is 1. The van der Waals surface area contributed by atoms with Gasteiger partial charge in [0.15, 0.2) is 0 Å². The molecule has 1 aromatic carbocycles. The van der Waals surface area contributed by atoms with Gasteiger partial charge in [0.25, 0.3) is 5.91 Å². The summed E-state index contributed by atoms with van der Waals surface area (Å²) in [6, 6.07) is 4.20. The Morgan fingerprint density at radius 1 is 1.36 bits per heavy atom. The number of hydrogen-bond donors (Lipinski definition) is 2. The van der Waals surface area contributed by atoms with Crippen molar-refractivity contribution in [1.82, 2.24) is 19.6 Å². The Balaban J connectivity index is 2.08. The summed E-state index contributed by atoms with van der Waals surface area (Å²) in [6.07, 6.45) is 2.55. The number of halogens is 2. The molecule has 0 saturated carbocycles. The molecule has 1 heterocycles. The lowest BCUT2D eigenvalue weighted by atomic mass is 10.1. The van der Waals surface area contributed by atoms with Crippen LogP contribution in [0, 0.1) is 6.92 Å². The molecule has 7 nitrogen and oxygen atoms in total. The van der Waals surface area contributed by atoms with Crippen LogP contribution in [0.15, 0.2) is 35.5 Å². The molecule has 0 fully saturated rings. The number of nitrogens with one attached hydrogen (secondary N) is 2. The summed E-state index contributed by atoms with van der Waals surface area (Å²) in [5, 5.41) is 2.59. The van der Waals surface area contributed by atoms with Gasteiger partial charge in [0.2, 0.25) is 10.0 Å². The number of amides is 1. The third kappa shape index (κ3) is 4.40. The standard InChI is InChI=1S/C15H18F2N4O3S/c1-10-3-4-11(25(23,24)18-2)9-12(10)14(22)20-6-5-13-19-7-8-21(13)15(16)17/h3-4,7-9,15,18H,5-6H2,1-2H3,(H,20,22). The van der Waals surface area contributed by atoms with Crippen molar-refractivity contribution in [3.8, 4) is 0 Å². The summed E-state index contributed by atoms with van der Waals surface area (Å²) in [5.74, 6) is -0.334. The molecule has 10 heteroatoms. The highest BCUT2D eigenvalue weighted by Gasteiger charge is 2.17. The van der Waals surface area contributed by atoms with Crippen LogP contribution in [0.2, 0.25) is 0 Å². The zero-order valence-corrected chi connectivity index (χ0v) is 14.5. The lowest BCUT2D eigenvalue weighted by Gasteiger charge is -2.10. The summed E-state index contributed by atoms with van der Waals surface area (Å²) < 4.78 is 52.0. The van der Waals surface area contributed by atoms with Crippen molar-refractivity contribution in [1.29, 1.82) is 0 Å². The fourth-order valence-corrected chi connectivity index (χ4v) is 2.98. The molecule has 0 aliphatic carbocycles. The molecule has 0 bridgehead atoms. The maximum atomic E-state index is 12.7. The Kier molecular flexibility index (Phi) is 5.85. The van der Waals surface area contributed by atoms with Crippen LogP contribution in [-0.2, 0) is 16.4 Å². The van der Waals surface area contributed by atoms with Crippen LogP contribution >= 0.6 is 0 Å². The van der Waals surface area contributed by atoms with E-state index in [0.717, 1.165) is 10.8 Å². The third-order valence-electron chi connectivity index (χ3n) is 3.63. The van der Waals surface area contributed by atoms with Crippen LogP contribution in [-0.4, -0.2) is 37.5 Å². The largest absolute Gasteiger partial charge is 0.352 e. The SMILES string of the molecule is CNS(=O)(=O)c1ccc(C)c(C(=O)NCCc2nccn2C(F)F)c1. The van der Waals surface area contributed by atoms with Crippen LogP contribution in [0.4, 0.5) is 8.78 Å². The molecule has 25 heavy (non-hydrogen) atoms. The normalized spacial score (nSPS) is 11.7. The number of alkyl halides is 2. The fourth-order valence-electron chi connectivity index (χ4n) is 2.23. The number of sulfonamides is 1. The van der Waals surface area contributed by atoms with E-state index < -0.39 is 22.5 Å². The van der Waals surface area contributed by atoms with Crippen molar-refractivity contribution >= 4 is 15.9 Å². The van der Waals surface area contributed by atoms with Crippen LogP contribution in [0.25, 0.3) is 0 Å². The van der Waals surface area contributed by atoms with Crippen LogP contribution in [0.1, 0.15) is 28.3 Å². The number of hydrogen-bond acceptors (Lipinski definition) is 4. The Morgan fingerprint density at radius 2 is 2.08 bits per heavy atom. The minimum Gasteiger partial charge on any atom is -0.352 e. The molecule has 2 rings (SSSR count). The molecule has 0 unspecified atom stereocenters. The van der Waals surface area contributed by atoms with E-state index in [1.165, 1.54) is 31.4 Å². The van der Waals surface area contributed by atoms with E-state index in [1.54, 1.807) is 6.92 Å². The Hall–Kier alpha value is -2.33. The lowest BCUT2D eigenvalue weighted by Crippen LogP contribution is -2.28. The average Bonchev–Trinajstić information content (AvgIpc) is 3.03. The number of rotatable bonds is 7. The smallest absolute Gasteiger partial charge is 0.319 e. The van der Waals surface area contributed by atoms with E-state index >= 15 is 0 Å². The van der Waals surface area contributed by atoms with Gasteiger partial charge in [-0.15, -0.1) is 0 Å². The second-order valence-corrected chi connectivity index (χ2v) is 7.11. The van der Waals surface area contributed by atoms with Crippen LogP contribution in [0.3, 0.4) is 0 Å². The van der Waals surface area contributed by atoms with E-state index in [0.29, 0.717) is 5.56 Å². The first kappa shape index (κ1) is 19.0. The molecule has 0 atom stereocenters. The molecule has 0 spiro atoms. The van der Waals surface area contributed by atoms with Gasteiger partial charge >= 0.3 is 6.55 Å². The quantitative estimate of drug-likeness (QED) is 0.770. The molecule has 0 saturated heterocycles. The molecule has 2 aromatic rings. The van der Waals surface area contributed by atoms with Gasteiger partial charge in [-0.25, -0.2) is 18.1 Å². The van der Waals surface area contributed by atoms with Crippen molar-refractivity contribution in [3.63, 3.8) is 0 Å². The maximum Gasteiger partial charge on any atom is 0.319 e. The summed E-state index contributed by atoms with van der Waals surface area (Å²) in [4.78, 5) is 16.1. The number of aryl methyl sites for hydroxylation is 1. The highest BCUT2D eigenvalue weighted by Crippen LogP contribution is 2.16. The molecule has 136 valence electrons. The predicted molar refractivity (Wildman–Crippen MR) is 86.9 cm³/mol. The highest BCUT2D eigenvalue weighted by atomic mass is 32.2. The molecule has 0 aliphatic rings. The molecular formula is C15H18F2N4O3S. The minimum absolute atomic E-state index is 0.0287. The second kappa shape index (κ2) is 7.70. The van der Waals surface area contributed by atoms with E-state index in [2.05, 4.69) is 15.0 Å². The second-order valence-electron chi connectivity index (χ2n) is 5.22. The topological polar surface area (TPSA) is 93.1 Å². The number of carbonyl (C=O) groups excluding carboxylic acids is 1. The average molecular weight is 372 g/mol. The summed E-state index contributed by atoms with van der Waals surface area (Å²) in [6.45, 7) is -0.932. The summed E-state index contributed by atoms with van der Waals surface area (Å²) in [7, 11) is -2.39. The monoisotopic (exact) mass is 372 g/mol. The van der Waals surface area contributed by atoms with Gasteiger partial charge in [0, 0.05) is 30.9 Å². The first-order chi connectivity index (χ1) is 11.8. The molecule has 1 amide bonds. The predicted octanol–water partition coefficient (Wildman–Crippen LogP) is 1.47. The summed E-state index contributed by atoms with van der Waals surface area (Å²) in [5.41, 5.74) is 0.801. The van der Waals surface area contributed by atoms with E-state index in [9.17, 15) is 22.0 Å². The van der Waals surface area contributed by atoms with Gasteiger partial charge in [-0.1, -0.05) is 6.07 Å². The van der Waals surface area contributed by atoms with Crippen molar-refractivity contribution in [2.24, 2.45) is 0 Å². The molecular weight excluding hydrogens is 354 g/mol. The molecule has 0 aliphatic heterocycles. The van der Waals surface area contributed by atoms with Gasteiger partial charge in [-0.2, -0.15) is 8.78 Å². The molecule has 1 aromatic heterocycles. The number of aromatic nitrogens is 2.